The summed E-state index contributed by atoms with van der Waals surface area (Å²) >= 11 is 0. The van der Waals surface area contributed by atoms with Gasteiger partial charge in [0.25, 0.3) is 5.91 Å². The molecule has 1 amide bonds. The van der Waals surface area contributed by atoms with Gasteiger partial charge >= 0.3 is 58.2 Å². The number of carbonyl (C=O) groups is 1. The van der Waals surface area contributed by atoms with E-state index in [-0.39, 0.29) is 69.3 Å². The van der Waals surface area contributed by atoms with Gasteiger partial charge in [-0.1, -0.05) is 31.7 Å². The minimum absolute atomic E-state index is 0. The van der Waals surface area contributed by atoms with E-state index in [1.54, 1.807) is 44.0 Å². The monoisotopic (exact) mass is 488 g/mol. The van der Waals surface area contributed by atoms with Gasteiger partial charge in [0.2, 0.25) is 0 Å². The standard InChI is InChI=1S/C22H24BN4O3.Rb/c1-13-20(21(28)24-16-10-14(22(2,3)4)9-15(23)11-16)25-26-27(13)18-12-17(29-5)7-8-19(18)30-6;/h7-10,12H,1-6H3,(H,24,28);/q-1;+1. The maximum atomic E-state index is 12.9. The third kappa shape index (κ3) is 5.86. The number of anilines is 1. The van der Waals surface area contributed by atoms with E-state index in [0.717, 1.165) is 5.56 Å². The first kappa shape index (κ1) is 25.8. The minimum atomic E-state index is -0.401. The summed E-state index contributed by atoms with van der Waals surface area (Å²) in [6.07, 6.45) is 0. The van der Waals surface area contributed by atoms with E-state index in [4.69, 9.17) is 17.3 Å². The Labute approximate surface area is 233 Å². The minimum Gasteiger partial charge on any atom is -0.497 e. The topological polar surface area (TPSA) is 78.3 Å². The molecule has 9 heteroatoms. The molecule has 0 aliphatic rings. The third-order valence-electron chi connectivity index (χ3n) is 4.73. The fourth-order valence-electron chi connectivity index (χ4n) is 3.00. The first-order valence-electron chi connectivity index (χ1n) is 9.43. The van der Waals surface area contributed by atoms with Crippen molar-refractivity contribution in [2.75, 3.05) is 19.5 Å². The van der Waals surface area contributed by atoms with E-state index >= 15 is 0 Å². The predicted molar refractivity (Wildman–Crippen MR) is 117 cm³/mol. The van der Waals surface area contributed by atoms with Crippen LogP contribution in [0.4, 0.5) is 5.69 Å². The summed E-state index contributed by atoms with van der Waals surface area (Å²) in [6, 6.07) is 12.0. The Hall–Kier alpha value is -1.48. The van der Waals surface area contributed by atoms with Gasteiger partial charge in [0.05, 0.1) is 27.8 Å². The molecule has 3 rings (SSSR count). The second-order valence-corrected chi connectivity index (χ2v) is 7.92. The van der Waals surface area contributed by atoms with Gasteiger partial charge in [-0.2, -0.15) is 17.7 Å². The van der Waals surface area contributed by atoms with Crippen LogP contribution in [-0.4, -0.2) is 43.0 Å². The SMILES string of the molecule is [B]c1[c-]c(NC(=O)c2nnn(-c3cc(OC)ccc3OC)c2C)cc(C(C)(C)C)c1.[Rb+]. The van der Waals surface area contributed by atoms with E-state index in [9.17, 15) is 4.79 Å². The van der Waals surface area contributed by atoms with Crippen molar-refractivity contribution >= 4 is 24.9 Å². The van der Waals surface area contributed by atoms with Crippen LogP contribution in [0.25, 0.3) is 5.69 Å². The molecule has 1 N–H and O–H groups in total. The Morgan fingerprint density at radius 1 is 1.16 bits per heavy atom. The average Bonchev–Trinajstić information content (AvgIpc) is 3.07. The van der Waals surface area contributed by atoms with Gasteiger partial charge < -0.3 is 14.8 Å². The van der Waals surface area contributed by atoms with Gasteiger partial charge in [-0.15, -0.1) is 11.2 Å². The van der Waals surface area contributed by atoms with Crippen LogP contribution in [0, 0.1) is 13.0 Å². The summed E-state index contributed by atoms with van der Waals surface area (Å²) in [5, 5.41) is 11.0. The maximum absolute atomic E-state index is 12.9. The summed E-state index contributed by atoms with van der Waals surface area (Å²) in [5.41, 5.74) is 3.18. The van der Waals surface area contributed by atoms with Crippen molar-refractivity contribution in [3.63, 3.8) is 0 Å². The molecule has 0 aliphatic carbocycles. The average molecular weight is 489 g/mol. The zero-order valence-electron chi connectivity index (χ0n) is 19.0. The largest absolute Gasteiger partial charge is 1.00 e. The van der Waals surface area contributed by atoms with Crippen LogP contribution in [0.3, 0.4) is 0 Å². The molecule has 0 saturated heterocycles. The molecule has 2 radical (unpaired) electrons. The second-order valence-electron chi connectivity index (χ2n) is 7.92. The summed E-state index contributed by atoms with van der Waals surface area (Å²) in [5.74, 6) is 0.813. The Bertz CT molecular complexity index is 1090. The molecular weight excluding hydrogens is 465 g/mol. The van der Waals surface area contributed by atoms with Crippen molar-refractivity contribution in [2.24, 2.45) is 0 Å². The quantitative estimate of drug-likeness (QED) is 0.396. The first-order chi connectivity index (χ1) is 14.1. The Balaban J connectivity index is 0.00000341. The maximum Gasteiger partial charge on any atom is 1.00 e. The van der Waals surface area contributed by atoms with Gasteiger partial charge in [0.15, 0.2) is 5.69 Å². The molecule has 1 aromatic heterocycles. The molecule has 2 aromatic carbocycles. The van der Waals surface area contributed by atoms with Gasteiger partial charge in [-0.3, -0.25) is 4.79 Å². The fourth-order valence-corrected chi connectivity index (χ4v) is 3.00. The Morgan fingerprint density at radius 3 is 2.48 bits per heavy atom. The number of benzene rings is 2. The second kappa shape index (κ2) is 10.4. The number of hydrogen-bond acceptors (Lipinski definition) is 5. The van der Waals surface area contributed by atoms with Crippen molar-refractivity contribution in [1.29, 1.82) is 0 Å². The summed E-state index contributed by atoms with van der Waals surface area (Å²) < 4.78 is 12.2. The van der Waals surface area contributed by atoms with Gasteiger partial charge in [-0.05, 0) is 24.5 Å². The number of aromatic nitrogens is 3. The number of carbonyl (C=O) groups excluding carboxylic acids is 1. The predicted octanol–water partition coefficient (Wildman–Crippen LogP) is -0.259. The number of nitrogens with one attached hydrogen (secondary N) is 1. The summed E-state index contributed by atoms with van der Waals surface area (Å²) in [7, 11) is 9.11. The van der Waals surface area contributed by atoms with Crippen LogP contribution in [0.5, 0.6) is 11.5 Å². The number of ether oxygens (including phenoxy) is 2. The van der Waals surface area contributed by atoms with E-state index in [2.05, 4.69) is 42.5 Å². The molecule has 0 saturated carbocycles. The molecule has 0 aliphatic heterocycles. The van der Waals surface area contributed by atoms with E-state index in [1.165, 1.54) is 0 Å². The molecule has 31 heavy (non-hydrogen) atoms. The molecule has 3 aromatic rings. The molecule has 0 spiro atoms. The van der Waals surface area contributed by atoms with Crippen LogP contribution >= 0.6 is 0 Å². The number of hydrogen-bond donors (Lipinski definition) is 1. The van der Waals surface area contributed by atoms with Gasteiger partial charge in [-0.25, -0.2) is 10.1 Å². The van der Waals surface area contributed by atoms with E-state index < -0.39 is 5.91 Å². The Morgan fingerprint density at radius 2 is 1.87 bits per heavy atom. The van der Waals surface area contributed by atoms with Crippen molar-refractivity contribution in [3.8, 4) is 17.2 Å². The molecule has 0 atom stereocenters. The first-order valence-corrected chi connectivity index (χ1v) is 9.43. The van der Waals surface area contributed by atoms with Crippen LogP contribution in [0.15, 0.2) is 30.3 Å². The fraction of sp³-hybridized carbons (Fsp3) is 0.318. The molecule has 154 valence electrons. The molecule has 0 fully saturated rings. The summed E-state index contributed by atoms with van der Waals surface area (Å²) in [4.78, 5) is 12.9. The summed E-state index contributed by atoms with van der Waals surface area (Å²) in [6.45, 7) is 7.98. The molecule has 0 unspecified atom stereocenters. The molecular formula is C22H24BN4O3Rb. The third-order valence-corrected chi connectivity index (χ3v) is 4.73. The van der Waals surface area contributed by atoms with Crippen molar-refractivity contribution < 1.29 is 72.5 Å². The molecule has 0 bridgehead atoms. The van der Waals surface area contributed by atoms with Crippen LogP contribution < -0.4 is 78.4 Å². The van der Waals surface area contributed by atoms with E-state index in [0.29, 0.717) is 34.0 Å². The Kier molecular flexibility index (Phi) is 8.67. The zero-order chi connectivity index (χ0) is 22.1. The number of methoxy groups -OCH3 is 2. The van der Waals surface area contributed by atoms with Gasteiger partial charge in [0.1, 0.15) is 17.2 Å². The normalized spacial score (nSPS) is 10.9. The van der Waals surface area contributed by atoms with Crippen molar-refractivity contribution in [3.05, 3.63) is 53.3 Å². The van der Waals surface area contributed by atoms with Gasteiger partial charge in [0, 0.05) is 6.07 Å². The van der Waals surface area contributed by atoms with Crippen LogP contribution in [-0.2, 0) is 5.41 Å². The number of nitrogens with zero attached hydrogens (tertiary/aromatic N) is 3. The van der Waals surface area contributed by atoms with Crippen LogP contribution in [0.2, 0.25) is 0 Å². The molecule has 7 nitrogen and oxygen atoms in total. The number of rotatable bonds is 5. The smallest absolute Gasteiger partial charge is 0.497 e. The van der Waals surface area contributed by atoms with Crippen molar-refractivity contribution in [2.45, 2.75) is 33.1 Å². The van der Waals surface area contributed by atoms with Crippen LogP contribution in [0.1, 0.15) is 42.5 Å². The number of amides is 1. The molecule has 1 heterocycles. The van der Waals surface area contributed by atoms with E-state index in [1.807, 2.05) is 12.1 Å². The van der Waals surface area contributed by atoms with Crippen molar-refractivity contribution in [1.82, 2.24) is 15.0 Å². The zero-order valence-corrected chi connectivity index (χ0v) is 23.9.